The Morgan fingerprint density at radius 2 is 2.00 bits per heavy atom. The molecule has 0 fully saturated rings. The fourth-order valence-electron chi connectivity index (χ4n) is 1.82. The fourth-order valence-corrected chi connectivity index (χ4v) is 2.06. The third kappa shape index (κ3) is 2.62. The van der Waals surface area contributed by atoms with Gasteiger partial charge in [-0.25, -0.2) is 4.98 Å². The summed E-state index contributed by atoms with van der Waals surface area (Å²) in [7, 11) is 3.82. The molecule has 0 radical (unpaired) electrons. The van der Waals surface area contributed by atoms with Crippen LogP contribution < -0.4 is 5.32 Å². The van der Waals surface area contributed by atoms with E-state index in [1.165, 1.54) is 0 Å². The number of halogens is 1. The second kappa shape index (κ2) is 5.76. The van der Waals surface area contributed by atoms with Crippen molar-refractivity contribution in [3.63, 3.8) is 0 Å². The Bertz CT molecular complexity index is 590. The van der Waals surface area contributed by atoms with E-state index in [1.807, 2.05) is 25.9 Å². The first-order chi connectivity index (χ1) is 9.45. The molecule has 6 nitrogen and oxygen atoms in total. The Balaban J connectivity index is 2.27. The lowest BCUT2D eigenvalue weighted by molar-refractivity contribution is 0.0955. The van der Waals surface area contributed by atoms with Crippen LogP contribution in [0.3, 0.4) is 0 Å². The van der Waals surface area contributed by atoms with Crippen molar-refractivity contribution < 1.29 is 14.0 Å². The molecule has 1 aliphatic carbocycles. The predicted octanol–water partition coefficient (Wildman–Crippen LogP) is 1.22. The first kappa shape index (κ1) is 14.7. The second-order valence-corrected chi connectivity index (χ2v) is 5.09. The number of nitrogens with one attached hydrogen (secondary N) is 1. The Hall–Kier alpha value is -1.66. The van der Waals surface area contributed by atoms with Crippen molar-refractivity contribution in [2.75, 3.05) is 27.2 Å². The zero-order chi connectivity index (χ0) is 14.9. The summed E-state index contributed by atoms with van der Waals surface area (Å²) < 4.78 is 5.26. The molecule has 2 rings (SSSR count). The van der Waals surface area contributed by atoms with Crippen LogP contribution in [0.1, 0.15) is 33.9 Å². The van der Waals surface area contributed by atoms with Crippen LogP contribution in [0.2, 0.25) is 0 Å². The number of hydrogen-bond donors (Lipinski definition) is 1. The molecule has 1 heterocycles. The van der Waals surface area contributed by atoms with Gasteiger partial charge in [-0.3, -0.25) is 9.59 Å². The maximum absolute atomic E-state index is 12.3. The first-order valence-corrected chi connectivity index (χ1v) is 6.71. The highest BCUT2D eigenvalue weighted by Gasteiger charge is 2.36. The Morgan fingerprint density at radius 3 is 2.60 bits per heavy atom. The molecule has 0 amide bonds. The maximum Gasteiger partial charge on any atom is 0.244 e. The number of rotatable bonds is 5. The number of carbonyl (C=O) groups excluding carboxylic acids is 2. The number of oxazole rings is 1. The topological polar surface area (TPSA) is 75.4 Å². The van der Waals surface area contributed by atoms with E-state index in [0.717, 1.165) is 0 Å². The van der Waals surface area contributed by atoms with Gasteiger partial charge in [0.2, 0.25) is 17.3 Å². The van der Waals surface area contributed by atoms with Gasteiger partial charge in [0.1, 0.15) is 10.7 Å². The monoisotopic (exact) mass is 297 g/mol. The van der Waals surface area contributed by atoms with Crippen molar-refractivity contribution in [3.05, 3.63) is 28.1 Å². The number of hydrogen-bond acceptors (Lipinski definition) is 6. The Kier molecular flexibility index (Phi) is 4.25. The molecule has 0 aliphatic heterocycles. The van der Waals surface area contributed by atoms with Crippen molar-refractivity contribution in [3.8, 4) is 0 Å². The molecule has 0 spiro atoms. The van der Waals surface area contributed by atoms with Gasteiger partial charge in [0.05, 0.1) is 0 Å². The van der Waals surface area contributed by atoms with E-state index in [2.05, 4.69) is 10.3 Å². The number of fused-ring (bicyclic) bond motifs is 1. The quantitative estimate of drug-likeness (QED) is 0.880. The smallest absolute Gasteiger partial charge is 0.244 e. The number of ketones is 2. The minimum atomic E-state index is -0.499. The molecule has 1 aromatic rings. The van der Waals surface area contributed by atoms with Gasteiger partial charge in [0.25, 0.3) is 0 Å². The molecule has 0 bridgehead atoms. The zero-order valence-corrected chi connectivity index (χ0v) is 12.4. The third-order valence-corrected chi connectivity index (χ3v) is 3.26. The molecule has 1 aromatic heterocycles. The summed E-state index contributed by atoms with van der Waals surface area (Å²) in [5.74, 6) is -0.599. The number of allylic oxidation sites excluding steroid dienone is 2. The van der Waals surface area contributed by atoms with E-state index in [4.69, 9.17) is 16.0 Å². The molecule has 0 saturated heterocycles. The number of aromatic nitrogens is 1. The van der Waals surface area contributed by atoms with Gasteiger partial charge in [0.15, 0.2) is 11.6 Å². The highest BCUT2D eigenvalue weighted by molar-refractivity contribution is 6.49. The molecule has 7 heteroatoms. The van der Waals surface area contributed by atoms with Gasteiger partial charge in [-0.05, 0) is 14.1 Å². The van der Waals surface area contributed by atoms with Gasteiger partial charge in [-0.15, -0.1) is 0 Å². The molecular formula is C13H16ClN3O3. The van der Waals surface area contributed by atoms with Gasteiger partial charge in [-0.1, -0.05) is 18.5 Å². The van der Waals surface area contributed by atoms with Crippen molar-refractivity contribution in [2.45, 2.75) is 13.3 Å². The first-order valence-electron chi connectivity index (χ1n) is 6.33. The van der Waals surface area contributed by atoms with Crippen LogP contribution in [0.4, 0.5) is 0 Å². The van der Waals surface area contributed by atoms with E-state index >= 15 is 0 Å². The molecule has 0 unspecified atom stereocenters. The summed E-state index contributed by atoms with van der Waals surface area (Å²) >= 11 is 5.97. The lowest BCUT2D eigenvalue weighted by Gasteiger charge is -2.16. The van der Waals surface area contributed by atoms with E-state index < -0.39 is 11.6 Å². The van der Waals surface area contributed by atoms with Crippen LogP contribution in [0.25, 0.3) is 0 Å². The van der Waals surface area contributed by atoms with Crippen LogP contribution in [0.5, 0.6) is 0 Å². The minimum Gasteiger partial charge on any atom is -0.436 e. The summed E-state index contributed by atoms with van der Waals surface area (Å²) in [6.45, 7) is 3.05. The molecule has 1 aliphatic rings. The van der Waals surface area contributed by atoms with Gasteiger partial charge >= 0.3 is 0 Å². The standard InChI is InChI=1S/C13H16ClN3O3/c1-4-7-16-10-12(19)9(15-5-6-17(2)3)8(14)11(18)13(10)20-7/h15H,4-6H2,1-3H3. The molecule has 0 atom stereocenters. The number of aryl methyl sites for hydroxylation is 1. The number of carbonyl (C=O) groups is 2. The van der Waals surface area contributed by atoms with Crippen LogP contribution in [-0.2, 0) is 6.42 Å². The van der Waals surface area contributed by atoms with Crippen LogP contribution >= 0.6 is 11.6 Å². The lowest BCUT2D eigenvalue weighted by Crippen LogP contribution is -2.33. The second-order valence-electron chi connectivity index (χ2n) is 4.72. The van der Waals surface area contributed by atoms with E-state index in [9.17, 15) is 9.59 Å². The van der Waals surface area contributed by atoms with Crippen LogP contribution in [-0.4, -0.2) is 48.6 Å². The average molecular weight is 298 g/mol. The van der Waals surface area contributed by atoms with E-state index in [-0.39, 0.29) is 22.2 Å². The molecule has 1 N–H and O–H groups in total. The van der Waals surface area contributed by atoms with Gasteiger partial charge < -0.3 is 14.6 Å². The molecular weight excluding hydrogens is 282 g/mol. The highest BCUT2D eigenvalue weighted by Crippen LogP contribution is 2.27. The Morgan fingerprint density at radius 1 is 1.30 bits per heavy atom. The SMILES string of the molecule is CCc1nc2c(o1)C(=O)C(Cl)=C(NCCN(C)C)C2=O. The van der Waals surface area contributed by atoms with Crippen molar-refractivity contribution in [1.82, 2.24) is 15.2 Å². The number of Topliss-reactive ketones (excluding diaryl/α,β-unsaturated/α-hetero) is 2. The number of likely N-dealkylation sites (N-methyl/N-ethyl adjacent to an activating group) is 1. The minimum absolute atomic E-state index is 0.0450. The summed E-state index contributed by atoms with van der Waals surface area (Å²) in [5.41, 5.74) is 0.144. The fraction of sp³-hybridized carbons (Fsp3) is 0.462. The predicted molar refractivity (Wildman–Crippen MR) is 74.0 cm³/mol. The van der Waals surface area contributed by atoms with Gasteiger partial charge in [0, 0.05) is 19.5 Å². The molecule has 0 aromatic carbocycles. The van der Waals surface area contributed by atoms with Crippen molar-refractivity contribution in [1.29, 1.82) is 0 Å². The lowest BCUT2D eigenvalue weighted by atomic mass is 10.0. The Labute approximate surface area is 121 Å². The number of nitrogens with zero attached hydrogens (tertiary/aromatic N) is 2. The van der Waals surface area contributed by atoms with Crippen LogP contribution in [0, 0.1) is 0 Å². The van der Waals surface area contributed by atoms with E-state index in [0.29, 0.717) is 25.4 Å². The summed E-state index contributed by atoms with van der Waals surface area (Å²) in [6, 6.07) is 0. The molecule has 0 saturated carbocycles. The van der Waals surface area contributed by atoms with Gasteiger partial charge in [-0.2, -0.15) is 0 Å². The molecule has 108 valence electrons. The van der Waals surface area contributed by atoms with Crippen molar-refractivity contribution >= 4 is 23.2 Å². The zero-order valence-electron chi connectivity index (χ0n) is 11.6. The third-order valence-electron chi connectivity index (χ3n) is 2.90. The normalized spacial score (nSPS) is 15.1. The maximum atomic E-state index is 12.3. The van der Waals surface area contributed by atoms with Crippen molar-refractivity contribution in [2.24, 2.45) is 0 Å². The van der Waals surface area contributed by atoms with E-state index in [1.54, 1.807) is 0 Å². The summed E-state index contributed by atoms with van der Waals surface area (Å²) in [6.07, 6.45) is 0.509. The summed E-state index contributed by atoms with van der Waals surface area (Å²) in [4.78, 5) is 30.4. The highest BCUT2D eigenvalue weighted by atomic mass is 35.5. The summed E-state index contributed by atoms with van der Waals surface area (Å²) in [5, 5.41) is 2.77. The largest absolute Gasteiger partial charge is 0.436 e. The van der Waals surface area contributed by atoms with Crippen LogP contribution in [0.15, 0.2) is 15.1 Å². The average Bonchev–Trinajstić information content (AvgIpc) is 2.84. The molecule has 20 heavy (non-hydrogen) atoms.